The Hall–Kier alpha value is -1.62. The van der Waals surface area contributed by atoms with Gasteiger partial charge in [0.25, 0.3) is 0 Å². The zero-order chi connectivity index (χ0) is 15.0. The largest absolute Gasteiger partial charge is 0.488 e. The minimum Gasteiger partial charge on any atom is -0.488 e. The highest BCUT2D eigenvalue weighted by Crippen LogP contribution is 2.33. The van der Waals surface area contributed by atoms with Crippen LogP contribution in [0.1, 0.15) is 25.3 Å². The van der Waals surface area contributed by atoms with Gasteiger partial charge in [-0.05, 0) is 51.1 Å². The van der Waals surface area contributed by atoms with Crippen LogP contribution in [0.25, 0.3) is 0 Å². The number of benzene rings is 1. The molecule has 1 atom stereocenters. The normalized spacial score (nSPS) is 24.4. The number of carboxylic acid groups (broad SMARTS) is 1. The van der Waals surface area contributed by atoms with E-state index in [-0.39, 0.29) is 11.9 Å². The molecule has 1 aromatic rings. The van der Waals surface area contributed by atoms with E-state index in [9.17, 15) is 14.3 Å². The molecule has 1 saturated heterocycles. The highest BCUT2D eigenvalue weighted by molar-refractivity contribution is 5.74. The standard InChI is InChI=1S/C16H20FNO3/c1-16(15(19)20)4-6-18(7-5-16)10-13-9-11-8-12(17)2-3-14(11)21-13/h2-3,8,13H,4-7,9-10H2,1H3,(H,19,20). The second kappa shape index (κ2) is 5.30. The van der Waals surface area contributed by atoms with Crippen LogP contribution in [-0.2, 0) is 11.2 Å². The third-order valence-electron chi connectivity index (χ3n) is 4.70. The average molecular weight is 293 g/mol. The van der Waals surface area contributed by atoms with E-state index < -0.39 is 11.4 Å². The summed E-state index contributed by atoms with van der Waals surface area (Å²) in [4.78, 5) is 13.5. The van der Waals surface area contributed by atoms with Crippen LogP contribution in [0, 0.1) is 11.2 Å². The molecule has 1 fully saturated rings. The van der Waals surface area contributed by atoms with Gasteiger partial charge in [0.1, 0.15) is 17.7 Å². The van der Waals surface area contributed by atoms with E-state index in [2.05, 4.69) is 4.90 Å². The number of likely N-dealkylation sites (tertiary alicyclic amines) is 1. The molecule has 0 amide bonds. The van der Waals surface area contributed by atoms with Gasteiger partial charge in [0.05, 0.1) is 5.41 Å². The molecule has 0 aliphatic carbocycles. The van der Waals surface area contributed by atoms with Crippen molar-refractivity contribution in [3.63, 3.8) is 0 Å². The summed E-state index contributed by atoms with van der Waals surface area (Å²) in [5, 5.41) is 9.23. The van der Waals surface area contributed by atoms with Gasteiger partial charge >= 0.3 is 5.97 Å². The number of rotatable bonds is 3. The van der Waals surface area contributed by atoms with Crippen LogP contribution >= 0.6 is 0 Å². The lowest BCUT2D eigenvalue weighted by molar-refractivity contribution is -0.150. The van der Waals surface area contributed by atoms with Crippen molar-refractivity contribution in [1.29, 1.82) is 0 Å². The molecule has 0 saturated carbocycles. The van der Waals surface area contributed by atoms with Gasteiger partial charge in [-0.25, -0.2) is 4.39 Å². The van der Waals surface area contributed by atoms with Crippen molar-refractivity contribution in [3.8, 4) is 5.75 Å². The molecule has 3 rings (SSSR count). The number of fused-ring (bicyclic) bond motifs is 1. The van der Waals surface area contributed by atoms with Crippen molar-refractivity contribution in [3.05, 3.63) is 29.6 Å². The lowest BCUT2D eigenvalue weighted by atomic mass is 9.80. The monoisotopic (exact) mass is 293 g/mol. The smallest absolute Gasteiger partial charge is 0.309 e. The first-order valence-corrected chi connectivity index (χ1v) is 7.37. The molecule has 4 nitrogen and oxygen atoms in total. The number of carboxylic acids is 1. The first kappa shape index (κ1) is 14.3. The van der Waals surface area contributed by atoms with Crippen LogP contribution in [0.2, 0.25) is 0 Å². The average Bonchev–Trinajstić information content (AvgIpc) is 2.82. The fraction of sp³-hybridized carbons (Fsp3) is 0.562. The SMILES string of the molecule is CC1(C(=O)O)CCN(CC2Cc3cc(F)ccc3O2)CC1. The Morgan fingerprint density at radius 3 is 2.86 bits per heavy atom. The summed E-state index contributed by atoms with van der Waals surface area (Å²) in [5.74, 6) is -0.163. The predicted molar refractivity (Wildman–Crippen MR) is 75.9 cm³/mol. The van der Waals surface area contributed by atoms with E-state index in [1.807, 2.05) is 6.92 Å². The fourth-order valence-electron chi connectivity index (χ4n) is 3.12. The van der Waals surface area contributed by atoms with E-state index in [0.29, 0.717) is 12.8 Å². The molecule has 1 N–H and O–H groups in total. The van der Waals surface area contributed by atoms with Gasteiger partial charge in [-0.15, -0.1) is 0 Å². The van der Waals surface area contributed by atoms with Crippen molar-refractivity contribution < 1.29 is 19.0 Å². The quantitative estimate of drug-likeness (QED) is 0.929. The Bertz CT molecular complexity index is 552. The molecule has 0 aromatic heterocycles. The summed E-state index contributed by atoms with van der Waals surface area (Å²) in [7, 11) is 0. The summed E-state index contributed by atoms with van der Waals surface area (Å²) < 4.78 is 19.0. The van der Waals surface area contributed by atoms with Gasteiger partial charge < -0.3 is 9.84 Å². The molecule has 21 heavy (non-hydrogen) atoms. The minimum absolute atomic E-state index is 0.0379. The Morgan fingerprint density at radius 1 is 1.48 bits per heavy atom. The van der Waals surface area contributed by atoms with Gasteiger partial charge in [0.15, 0.2) is 0 Å². The topological polar surface area (TPSA) is 49.8 Å². The zero-order valence-corrected chi connectivity index (χ0v) is 12.1. The Balaban J connectivity index is 1.55. The number of aliphatic carboxylic acids is 1. The van der Waals surface area contributed by atoms with Crippen molar-refractivity contribution >= 4 is 5.97 Å². The second-order valence-electron chi connectivity index (χ2n) is 6.36. The maximum atomic E-state index is 13.2. The Labute approximate surface area is 123 Å². The molecule has 0 spiro atoms. The number of hydrogen-bond acceptors (Lipinski definition) is 3. The summed E-state index contributed by atoms with van der Waals surface area (Å²) in [6.45, 7) is 4.13. The maximum Gasteiger partial charge on any atom is 0.309 e. The summed E-state index contributed by atoms with van der Waals surface area (Å²) in [5.41, 5.74) is 0.325. The number of hydrogen-bond donors (Lipinski definition) is 1. The van der Waals surface area contributed by atoms with E-state index in [1.165, 1.54) is 12.1 Å². The molecule has 2 aliphatic rings. The molecule has 2 heterocycles. The molecular formula is C16H20FNO3. The second-order valence-corrected chi connectivity index (χ2v) is 6.36. The lowest BCUT2D eigenvalue weighted by Gasteiger charge is -2.37. The molecular weight excluding hydrogens is 273 g/mol. The third-order valence-corrected chi connectivity index (χ3v) is 4.70. The predicted octanol–water partition coefficient (Wildman–Crippen LogP) is 2.32. The molecule has 114 valence electrons. The highest BCUT2D eigenvalue weighted by atomic mass is 19.1. The molecule has 0 bridgehead atoms. The van der Waals surface area contributed by atoms with Crippen LogP contribution in [0.5, 0.6) is 5.75 Å². The van der Waals surface area contributed by atoms with E-state index in [0.717, 1.165) is 37.4 Å². The van der Waals surface area contributed by atoms with Crippen LogP contribution in [-0.4, -0.2) is 41.7 Å². The van der Waals surface area contributed by atoms with Gasteiger partial charge in [-0.2, -0.15) is 0 Å². The Morgan fingerprint density at radius 2 is 2.19 bits per heavy atom. The van der Waals surface area contributed by atoms with Crippen LogP contribution < -0.4 is 4.74 Å². The number of ether oxygens (including phenoxy) is 1. The van der Waals surface area contributed by atoms with E-state index in [4.69, 9.17) is 4.74 Å². The van der Waals surface area contributed by atoms with Gasteiger partial charge in [0.2, 0.25) is 0 Å². The van der Waals surface area contributed by atoms with Crippen LogP contribution in [0.3, 0.4) is 0 Å². The molecule has 1 unspecified atom stereocenters. The number of carbonyl (C=O) groups is 1. The van der Waals surface area contributed by atoms with Crippen molar-refractivity contribution in [1.82, 2.24) is 4.90 Å². The molecule has 0 radical (unpaired) electrons. The lowest BCUT2D eigenvalue weighted by Crippen LogP contribution is -2.45. The first-order chi connectivity index (χ1) is 9.96. The van der Waals surface area contributed by atoms with Gasteiger partial charge in [-0.1, -0.05) is 0 Å². The third kappa shape index (κ3) is 2.88. The Kier molecular flexibility index (Phi) is 3.61. The first-order valence-electron chi connectivity index (χ1n) is 7.37. The van der Waals surface area contributed by atoms with E-state index >= 15 is 0 Å². The number of nitrogens with zero attached hydrogens (tertiary/aromatic N) is 1. The summed E-state index contributed by atoms with van der Waals surface area (Å²) in [6, 6.07) is 4.63. The molecule has 1 aromatic carbocycles. The zero-order valence-electron chi connectivity index (χ0n) is 12.1. The van der Waals surface area contributed by atoms with Gasteiger partial charge in [0, 0.05) is 18.5 Å². The van der Waals surface area contributed by atoms with Gasteiger partial charge in [-0.3, -0.25) is 9.69 Å². The highest BCUT2D eigenvalue weighted by Gasteiger charge is 2.37. The van der Waals surface area contributed by atoms with Crippen molar-refractivity contribution in [2.24, 2.45) is 5.41 Å². The van der Waals surface area contributed by atoms with Crippen molar-refractivity contribution in [2.75, 3.05) is 19.6 Å². The summed E-state index contributed by atoms with van der Waals surface area (Å²) in [6.07, 6.45) is 2.09. The van der Waals surface area contributed by atoms with Crippen molar-refractivity contribution in [2.45, 2.75) is 32.3 Å². The summed E-state index contributed by atoms with van der Waals surface area (Å²) >= 11 is 0. The number of halogens is 1. The number of piperidine rings is 1. The molecule has 2 aliphatic heterocycles. The minimum atomic E-state index is -0.706. The maximum absolute atomic E-state index is 13.2. The fourth-order valence-corrected chi connectivity index (χ4v) is 3.12. The molecule has 5 heteroatoms. The van der Waals surface area contributed by atoms with E-state index in [1.54, 1.807) is 6.07 Å². The van der Waals surface area contributed by atoms with Crippen LogP contribution in [0.4, 0.5) is 4.39 Å². The van der Waals surface area contributed by atoms with Crippen LogP contribution in [0.15, 0.2) is 18.2 Å².